The van der Waals surface area contributed by atoms with E-state index >= 15 is 4.39 Å². The van der Waals surface area contributed by atoms with Crippen molar-refractivity contribution in [2.45, 2.75) is 32.5 Å². The van der Waals surface area contributed by atoms with Crippen molar-refractivity contribution in [1.82, 2.24) is 19.7 Å². The number of Topliss-reactive ketones (excluding diaryl/α,β-unsaturated/α-hetero) is 2. The van der Waals surface area contributed by atoms with E-state index in [4.69, 9.17) is 11.6 Å². The average Bonchev–Trinajstić information content (AvgIpc) is 3.63. The van der Waals surface area contributed by atoms with E-state index in [-0.39, 0.29) is 42.1 Å². The van der Waals surface area contributed by atoms with Gasteiger partial charge in [-0.15, -0.1) is 0 Å². The van der Waals surface area contributed by atoms with E-state index in [1.54, 1.807) is 60.9 Å². The number of amides is 1. The maximum Gasteiger partial charge on any atom is 0.228 e. The van der Waals surface area contributed by atoms with Crippen LogP contribution in [-0.2, 0) is 16.1 Å². The van der Waals surface area contributed by atoms with Gasteiger partial charge in [0.1, 0.15) is 24.7 Å². The lowest BCUT2D eigenvalue weighted by atomic mass is 9.91. The molecule has 0 aliphatic heterocycles. The van der Waals surface area contributed by atoms with E-state index in [1.807, 2.05) is 18.0 Å². The summed E-state index contributed by atoms with van der Waals surface area (Å²) in [4.78, 5) is 49.6. The molecule has 0 unspecified atom stereocenters. The maximum absolute atomic E-state index is 15.5. The number of halogens is 3. The SMILES string of the molecule is CC(=O)c1nn(CC(=O)[C@@H]2C[C@H](F)C[C@@H]2C(=O)Nc2cccc(-c3ccccc3Cl)c2F)c2ccc(N(C)c3cncnc3)cc12. The van der Waals surface area contributed by atoms with Gasteiger partial charge in [-0.2, -0.15) is 5.10 Å². The molecule has 0 radical (unpaired) electrons. The Morgan fingerprint density at radius 2 is 1.70 bits per heavy atom. The van der Waals surface area contributed by atoms with Gasteiger partial charge < -0.3 is 10.2 Å². The van der Waals surface area contributed by atoms with Crippen LogP contribution in [0.15, 0.2) is 79.4 Å². The molecule has 0 bridgehead atoms. The first-order valence-electron chi connectivity index (χ1n) is 14.6. The van der Waals surface area contributed by atoms with Gasteiger partial charge in [0.25, 0.3) is 0 Å². The summed E-state index contributed by atoms with van der Waals surface area (Å²) >= 11 is 6.27. The van der Waals surface area contributed by atoms with Crippen molar-refractivity contribution in [3.8, 4) is 11.1 Å². The zero-order valence-corrected chi connectivity index (χ0v) is 25.7. The second-order valence-electron chi connectivity index (χ2n) is 11.3. The molecule has 3 aromatic carbocycles. The number of ketones is 2. The second-order valence-corrected chi connectivity index (χ2v) is 11.7. The van der Waals surface area contributed by atoms with Crippen molar-refractivity contribution >= 4 is 57.0 Å². The topological polar surface area (TPSA) is 110 Å². The highest BCUT2D eigenvalue weighted by Crippen LogP contribution is 2.38. The van der Waals surface area contributed by atoms with Crippen molar-refractivity contribution in [2.24, 2.45) is 11.8 Å². The van der Waals surface area contributed by atoms with Gasteiger partial charge in [-0.25, -0.2) is 18.7 Å². The van der Waals surface area contributed by atoms with Crippen molar-refractivity contribution in [3.63, 3.8) is 0 Å². The summed E-state index contributed by atoms with van der Waals surface area (Å²) in [7, 11) is 1.83. The third-order valence-electron chi connectivity index (χ3n) is 8.37. The highest BCUT2D eigenvalue weighted by Gasteiger charge is 2.43. The van der Waals surface area contributed by atoms with E-state index in [0.29, 0.717) is 21.5 Å². The first kappa shape index (κ1) is 31.0. The summed E-state index contributed by atoms with van der Waals surface area (Å²) in [6.07, 6.45) is 3.03. The zero-order valence-electron chi connectivity index (χ0n) is 25.0. The molecule has 5 aromatic rings. The molecular formula is C34H29ClF2N6O3. The van der Waals surface area contributed by atoms with Crippen LogP contribution >= 0.6 is 11.6 Å². The number of hydrogen-bond donors (Lipinski definition) is 1. The molecule has 0 spiro atoms. The van der Waals surface area contributed by atoms with E-state index < -0.39 is 35.5 Å². The number of anilines is 3. The van der Waals surface area contributed by atoms with E-state index in [1.165, 1.54) is 24.0 Å². The van der Waals surface area contributed by atoms with Gasteiger partial charge in [0.2, 0.25) is 5.91 Å². The minimum Gasteiger partial charge on any atom is -0.342 e. The highest BCUT2D eigenvalue weighted by atomic mass is 35.5. The Hall–Kier alpha value is -5.03. The molecule has 2 heterocycles. The normalized spacial score (nSPS) is 17.6. The smallest absolute Gasteiger partial charge is 0.228 e. The van der Waals surface area contributed by atoms with Gasteiger partial charge in [0, 0.05) is 47.1 Å². The lowest BCUT2D eigenvalue weighted by molar-refractivity contribution is -0.130. The Balaban J connectivity index is 1.24. The van der Waals surface area contributed by atoms with Gasteiger partial charge in [-0.1, -0.05) is 41.9 Å². The number of carbonyl (C=O) groups is 3. The third kappa shape index (κ3) is 5.97. The lowest BCUT2D eigenvalue weighted by Crippen LogP contribution is -2.32. The fourth-order valence-corrected chi connectivity index (χ4v) is 6.24. The van der Waals surface area contributed by atoms with Crippen molar-refractivity contribution in [3.05, 3.63) is 95.9 Å². The maximum atomic E-state index is 15.5. The number of fused-ring (bicyclic) bond motifs is 1. The first-order valence-corrected chi connectivity index (χ1v) is 15.0. The quantitative estimate of drug-likeness (QED) is 0.176. The number of carbonyl (C=O) groups excluding carboxylic acids is 3. The molecule has 1 aliphatic carbocycles. The lowest BCUT2D eigenvalue weighted by Gasteiger charge is -2.19. The van der Waals surface area contributed by atoms with Gasteiger partial charge in [0.15, 0.2) is 17.4 Å². The Morgan fingerprint density at radius 3 is 2.43 bits per heavy atom. The Kier molecular flexibility index (Phi) is 8.59. The van der Waals surface area contributed by atoms with E-state index in [0.717, 1.165) is 11.4 Å². The summed E-state index contributed by atoms with van der Waals surface area (Å²) in [6, 6.07) is 16.7. The van der Waals surface area contributed by atoms with Gasteiger partial charge in [0.05, 0.1) is 35.2 Å². The molecule has 12 heteroatoms. The molecule has 2 aromatic heterocycles. The predicted molar refractivity (Wildman–Crippen MR) is 171 cm³/mol. The largest absolute Gasteiger partial charge is 0.342 e. The summed E-state index contributed by atoms with van der Waals surface area (Å²) in [5, 5.41) is 7.90. The third-order valence-corrected chi connectivity index (χ3v) is 8.70. The molecule has 1 saturated carbocycles. The summed E-state index contributed by atoms with van der Waals surface area (Å²) < 4.78 is 31.7. The molecule has 0 saturated heterocycles. The fraction of sp³-hybridized carbons (Fsp3) is 0.235. The van der Waals surface area contributed by atoms with Crippen molar-refractivity contribution < 1.29 is 23.2 Å². The highest BCUT2D eigenvalue weighted by molar-refractivity contribution is 6.33. The number of nitrogens with zero attached hydrogens (tertiary/aromatic N) is 5. The summed E-state index contributed by atoms with van der Waals surface area (Å²) in [5.74, 6) is -4.02. The molecule has 46 heavy (non-hydrogen) atoms. The molecule has 1 fully saturated rings. The fourth-order valence-electron chi connectivity index (χ4n) is 6.00. The van der Waals surface area contributed by atoms with Crippen LogP contribution in [0.4, 0.5) is 25.8 Å². The zero-order chi connectivity index (χ0) is 32.5. The standard InChI is InChI=1S/C34H29ClF2N6O3/c1-19(44)33-27-14-21(42(2)22-15-38-18-39-16-22)10-11-30(27)43(41-33)17-31(45)25-12-20(36)13-26(25)34(46)40-29-9-5-7-24(32(29)37)23-6-3-4-8-28(23)35/h3-11,14-16,18,20,25-26H,12-13,17H2,1-2H3,(H,40,46)/t20-,25+,26-/m0/s1. The van der Waals surface area contributed by atoms with Gasteiger partial charge >= 0.3 is 0 Å². The molecule has 9 nitrogen and oxygen atoms in total. The molecular weight excluding hydrogens is 614 g/mol. The minimum atomic E-state index is -1.38. The van der Waals surface area contributed by atoms with Crippen LogP contribution in [0.2, 0.25) is 5.02 Å². The molecule has 3 atom stereocenters. The van der Waals surface area contributed by atoms with Crippen LogP contribution in [0.25, 0.3) is 22.0 Å². The molecule has 1 aliphatic rings. The van der Waals surface area contributed by atoms with Gasteiger partial charge in [-0.05, 0) is 43.2 Å². The van der Waals surface area contributed by atoms with Crippen LogP contribution in [0.1, 0.15) is 30.3 Å². The molecule has 6 rings (SSSR count). The van der Waals surface area contributed by atoms with Crippen molar-refractivity contribution in [2.75, 3.05) is 17.3 Å². The summed E-state index contributed by atoms with van der Waals surface area (Å²) in [5.41, 5.74) is 2.76. The van der Waals surface area contributed by atoms with Crippen LogP contribution in [0.5, 0.6) is 0 Å². The van der Waals surface area contributed by atoms with Gasteiger partial charge in [-0.3, -0.25) is 19.1 Å². The van der Waals surface area contributed by atoms with Crippen molar-refractivity contribution in [1.29, 1.82) is 0 Å². The molecule has 1 N–H and O–H groups in total. The molecule has 1 amide bonds. The first-order chi connectivity index (χ1) is 22.1. The number of nitrogens with one attached hydrogen (secondary N) is 1. The number of hydrogen-bond acceptors (Lipinski definition) is 7. The van der Waals surface area contributed by atoms with Crippen LogP contribution in [0.3, 0.4) is 0 Å². The number of rotatable bonds is 9. The second kappa shape index (κ2) is 12.8. The summed E-state index contributed by atoms with van der Waals surface area (Å²) in [6.45, 7) is 1.11. The van der Waals surface area contributed by atoms with E-state index in [9.17, 15) is 18.8 Å². The van der Waals surface area contributed by atoms with E-state index in [2.05, 4.69) is 20.4 Å². The average molecular weight is 643 g/mol. The Labute approximate surface area is 268 Å². The number of alkyl halides is 1. The number of aromatic nitrogens is 4. The Bertz CT molecular complexity index is 1970. The number of benzene rings is 3. The monoisotopic (exact) mass is 642 g/mol. The Morgan fingerprint density at radius 1 is 0.978 bits per heavy atom. The minimum absolute atomic E-state index is 0.0945. The van der Waals surface area contributed by atoms with Crippen LogP contribution < -0.4 is 10.2 Å². The predicted octanol–water partition coefficient (Wildman–Crippen LogP) is 6.83. The van der Waals surface area contributed by atoms with Crippen LogP contribution in [0, 0.1) is 17.7 Å². The van der Waals surface area contributed by atoms with Crippen LogP contribution in [-0.4, -0.2) is 50.4 Å². The molecule has 234 valence electrons.